The zero-order valence-corrected chi connectivity index (χ0v) is 10.6. The highest BCUT2D eigenvalue weighted by Crippen LogP contribution is 2.27. The third kappa shape index (κ3) is 1.95. The maximum absolute atomic E-state index is 9.25. The monoisotopic (exact) mass is 242 g/mol. The summed E-state index contributed by atoms with van der Waals surface area (Å²) in [6.45, 7) is 3.35. The van der Waals surface area contributed by atoms with E-state index in [9.17, 15) is 5.11 Å². The van der Waals surface area contributed by atoms with Crippen LogP contribution in [0.4, 0.5) is 0 Å². The van der Waals surface area contributed by atoms with Gasteiger partial charge in [-0.2, -0.15) is 0 Å². The third-order valence-electron chi connectivity index (χ3n) is 3.73. The number of hydrogen-bond donors (Lipinski definition) is 1. The molecule has 1 aliphatic heterocycles. The number of fused-ring (bicyclic) bond motifs is 1. The number of benzene rings is 1. The second kappa shape index (κ2) is 4.58. The molecule has 0 spiro atoms. The van der Waals surface area contributed by atoms with Crippen LogP contribution in [0.5, 0.6) is 0 Å². The van der Waals surface area contributed by atoms with Crippen LogP contribution in [0.2, 0.25) is 0 Å². The minimum atomic E-state index is 0.283. The topological polar surface area (TPSA) is 38.0 Å². The Balaban J connectivity index is 1.98. The Morgan fingerprint density at radius 1 is 1.44 bits per heavy atom. The van der Waals surface area contributed by atoms with Crippen molar-refractivity contribution in [3.05, 3.63) is 41.7 Å². The SMILES string of the molecule is Cc1cccc(-c2ncc3n2CCC(CO)C3)c1. The molecule has 3 heteroatoms. The lowest BCUT2D eigenvalue weighted by atomic mass is 9.97. The summed E-state index contributed by atoms with van der Waals surface area (Å²) in [5.41, 5.74) is 3.69. The van der Waals surface area contributed by atoms with Gasteiger partial charge in [-0.3, -0.25) is 0 Å². The number of hydrogen-bond acceptors (Lipinski definition) is 2. The maximum atomic E-state index is 9.25. The van der Waals surface area contributed by atoms with Gasteiger partial charge in [0.15, 0.2) is 0 Å². The van der Waals surface area contributed by atoms with Crippen molar-refractivity contribution in [1.82, 2.24) is 9.55 Å². The van der Waals surface area contributed by atoms with Gasteiger partial charge in [-0.15, -0.1) is 0 Å². The van der Waals surface area contributed by atoms with Crippen molar-refractivity contribution in [2.45, 2.75) is 26.3 Å². The fraction of sp³-hybridized carbons (Fsp3) is 0.400. The number of aromatic nitrogens is 2. The fourth-order valence-corrected chi connectivity index (χ4v) is 2.70. The van der Waals surface area contributed by atoms with E-state index in [1.165, 1.54) is 16.8 Å². The largest absolute Gasteiger partial charge is 0.396 e. The zero-order valence-electron chi connectivity index (χ0n) is 10.6. The Bertz CT molecular complexity index is 559. The van der Waals surface area contributed by atoms with Gasteiger partial charge in [0.05, 0.1) is 0 Å². The molecule has 0 radical (unpaired) electrons. The van der Waals surface area contributed by atoms with Gasteiger partial charge in [0.2, 0.25) is 0 Å². The van der Waals surface area contributed by atoms with E-state index in [1.807, 2.05) is 6.20 Å². The van der Waals surface area contributed by atoms with Crippen LogP contribution in [-0.4, -0.2) is 21.3 Å². The molecule has 1 aliphatic rings. The summed E-state index contributed by atoms with van der Waals surface area (Å²) < 4.78 is 2.29. The minimum Gasteiger partial charge on any atom is -0.396 e. The van der Waals surface area contributed by atoms with Crippen molar-refractivity contribution in [2.75, 3.05) is 6.61 Å². The van der Waals surface area contributed by atoms with Crippen molar-refractivity contribution in [1.29, 1.82) is 0 Å². The normalized spacial score (nSPS) is 18.7. The van der Waals surface area contributed by atoms with Gasteiger partial charge in [0.25, 0.3) is 0 Å². The van der Waals surface area contributed by atoms with Gasteiger partial charge in [-0.25, -0.2) is 4.98 Å². The smallest absolute Gasteiger partial charge is 0.140 e. The molecule has 1 N–H and O–H groups in total. The van der Waals surface area contributed by atoms with Crippen LogP contribution in [0.25, 0.3) is 11.4 Å². The highest BCUT2D eigenvalue weighted by molar-refractivity contribution is 5.57. The molecule has 1 atom stereocenters. The van der Waals surface area contributed by atoms with E-state index in [1.54, 1.807) is 0 Å². The Kier molecular flexibility index (Phi) is 2.92. The number of rotatable bonds is 2. The van der Waals surface area contributed by atoms with Gasteiger partial charge < -0.3 is 9.67 Å². The molecule has 3 rings (SSSR count). The molecule has 2 aromatic rings. The Labute approximate surface area is 107 Å². The number of nitrogens with zero attached hydrogens (tertiary/aromatic N) is 2. The van der Waals surface area contributed by atoms with E-state index in [4.69, 9.17) is 0 Å². The molecule has 0 aliphatic carbocycles. The summed E-state index contributed by atoms with van der Waals surface area (Å²) in [4.78, 5) is 4.56. The first-order valence-electron chi connectivity index (χ1n) is 6.50. The van der Waals surface area contributed by atoms with Gasteiger partial charge in [-0.1, -0.05) is 23.8 Å². The maximum Gasteiger partial charge on any atom is 0.140 e. The highest BCUT2D eigenvalue weighted by Gasteiger charge is 2.21. The van der Waals surface area contributed by atoms with Crippen molar-refractivity contribution >= 4 is 0 Å². The van der Waals surface area contributed by atoms with E-state index >= 15 is 0 Å². The lowest BCUT2D eigenvalue weighted by Gasteiger charge is -2.23. The lowest BCUT2D eigenvalue weighted by molar-refractivity contribution is 0.201. The van der Waals surface area contributed by atoms with Crippen LogP contribution in [0.1, 0.15) is 17.7 Å². The summed E-state index contributed by atoms with van der Waals surface area (Å²) in [7, 11) is 0. The first-order chi connectivity index (χ1) is 8.78. The first-order valence-corrected chi connectivity index (χ1v) is 6.50. The van der Waals surface area contributed by atoms with Crippen LogP contribution >= 0.6 is 0 Å². The van der Waals surface area contributed by atoms with Crippen molar-refractivity contribution < 1.29 is 5.11 Å². The molecule has 18 heavy (non-hydrogen) atoms. The van der Waals surface area contributed by atoms with Crippen molar-refractivity contribution in [2.24, 2.45) is 5.92 Å². The molecule has 3 nitrogen and oxygen atoms in total. The first kappa shape index (κ1) is 11.5. The Morgan fingerprint density at radius 3 is 3.11 bits per heavy atom. The fourth-order valence-electron chi connectivity index (χ4n) is 2.70. The average molecular weight is 242 g/mol. The second-order valence-corrected chi connectivity index (χ2v) is 5.14. The molecule has 0 fully saturated rings. The van der Waals surface area contributed by atoms with E-state index < -0.39 is 0 Å². The standard InChI is InChI=1S/C15H18N2O/c1-11-3-2-4-13(7-11)15-16-9-14-8-12(10-18)5-6-17(14)15/h2-4,7,9,12,18H,5-6,8,10H2,1H3. The van der Waals surface area contributed by atoms with Gasteiger partial charge >= 0.3 is 0 Å². The molecule has 0 saturated heterocycles. The molecule has 1 unspecified atom stereocenters. The highest BCUT2D eigenvalue weighted by atomic mass is 16.3. The van der Waals surface area contributed by atoms with Crippen LogP contribution in [-0.2, 0) is 13.0 Å². The third-order valence-corrected chi connectivity index (χ3v) is 3.73. The molecule has 2 heterocycles. The minimum absolute atomic E-state index is 0.283. The van der Waals surface area contributed by atoms with Crippen molar-refractivity contribution in [3.8, 4) is 11.4 Å². The number of aliphatic hydroxyl groups is 1. The molecule has 0 saturated carbocycles. The Hall–Kier alpha value is -1.61. The number of imidazole rings is 1. The average Bonchev–Trinajstić information content (AvgIpc) is 2.81. The molecule has 0 amide bonds. The predicted molar refractivity (Wildman–Crippen MR) is 71.3 cm³/mol. The van der Waals surface area contributed by atoms with Gasteiger partial charge in [-0.05, 0) is 31.7 Å². The summed E-state index contributed by atoms with van der Waals surface area (Å²) >= 11 is 0. The van der Waals surface area contributed by atoms with Crippen LogP contribution in [0.3, 0.4) is 0 Å². The van der Waals surface area contributed by atoms with Gasteiger partial charge in [0.1, 0.15) is 5.82 Å². The van der Waals surface area contributed by atoms with E-state index in [0.717, 1.165) is 25.2 Å². The molecule has 94 valence electrons. The summed E-state index contributed by atoms with van der Waals surface area (Å²) in [5, 5.41) is 9.25. The van der Waals surface area contributed by atoms with E-state index in [-0.39, 0.29) is 6.61 Å². The summed E-state index contributed by atoms with van der Waals surface area (Å²) in [6.07, 6.45) is 3.94. The molecule has 1 aromatic heterocycles. The lowest BCUT2D eigenvalue weighted by Crippen LogP contribution is -2.21. The van der Waals surface area contributed by atoms with E-state index in [2.05, 4.69) is 40.7 Å². The summed E-state index contributed by atoms with van der Waals surface area (Å²) in [6, 6.07) is 8.46. The predicted octanol–water partition coefficient (Wildman–Crippen LogP) is 2.41. The van der Waals surface area contributed by atoms with Crippen molar-refractivity contribution in [3.63, 3.8) is 0 Å². The quantitative estimate of drug-likeness (QED) is 0.878. The van der Waals surface area contributed by atoms with E-state index in [0.29, 0.717) is 5.92 Å². The van der Waals surface area contributed by atoms with Crippen LogP contribution in [0, 0.1) is 12.8 Å². The number of aliphatic hydroxyl groups excluding tert-OH is 1. The zero-order chi connectivity index (χ0) is 12.5. The van der Waals surface area contributed by atoms with Gasteiger partial charge in [0, 0.05) is 30.6 Å². The van der Waals surface area contributed by atoms with Crippen LogP contribution < -0.4 is 0 Å². The van der Waals surface area contributed by atoms with Crippen LogP contribution in [0.15, 0.2) is 30.5 Å². The molecule has 0 bridgehead atoms. The Morgan fingerprint density at radius 2 is 2.33 bits per heavy atom. The molecule has 1 aromatic carbocycles. The molecular weight excluding hydrogens is 224 g/mol. The summed E-state index contributed by atoms with van der Waals surface area (Å²) in [5.74, 6) is 1.46. The number of aryl methyl sites for hydroxylation is 1. The molecular formula is C15H18N2O. The second-order valence-electron chi connectivity index (χ2n) is 5.14.